The largest absolute Gasteiger partial charge is 0.0603 e. The number of benzene rings is 2. The number of halogens is 1. The molecule has 1 aromatic heterocycles. The molecule has 2 saturated heterocycles. The van der Waals surface area contributed by atoms with E-state index in [9.17, 15) is 38.4 Å². The Morgan fingerprint density at radius 3 is 2.09 bits per heavy atom. The average Bonchev–Trinajstić information content (AvgIpc) is 3.94. The average molecular weight is 1310 g/mol. The second kappa shape index (κ2) is 35.5. The van der Waals surface area contributed by atoms with Crippen LogP contribution in [0.4, 0.5) is 0 Å². The molecule has 2 aliphatic rings. The van der Waals surface area contributed by atoms with E-state index in [1.165, 1.54) is 4.90 Å². The number of unbranched alkanes of at least 4 members (excludes halogenated alkanes) is 2. The third kappa shape index (κ3) is 20.4. The Kier molecular flexibility index (Phi) is 29.4. The Balaban J connectivity index is 1.14. The molecule has 2 aliphatic heterocycles. The summed E-state index contributed by atoms with van der Waals surface area (Å²) in [6.07, 6.45) is 3.73. The van der Waals surface area contributed by atoms with Crippen molar-refractivity contribution in [2.75, 3.05) is 55.7 Å². The van der Waals surface area contributed by atoms with Crippen molar-refractivity contribution >= 4 is 84.8 Å². The number of carbonyl (C=O) groups is 8. The van der Waals surface area contributed by atoms with Gasteiger partial charge in [0.2, 0.25) is 41.3 Å². The van der Waals surface area contributed by atoms with E-state index in [0.717, 1.165) is 18.8 Å². The van der Waals surface area contributed by atoms with Gasteiger partial charge in [-0.25, -0.2) is 0 Å². The van der Waals surface area contributed by atoms with Crippen molar-refractivity contribution in [2.45, 2.75) is 168 Å². The molecule has 3 aromatic rings. The smallest absolute Gasteiger partial charge is 0.0176 e. The zero-order valence-electron chi connectivity index (χ0n) is 52.0. The molecule has 0 spiro atoms. The monoisotopic (exact) mass is 1310 g/mol. The molecule has 8 amide bonds. The number of rotatable bonds is 35. The SMILES string of the molecule is CC[C@H](C)[C@@H]([C@@H](CC(=O)N1CCC[C@H]1[C@H](OC)[C@@H](C)C(=O)N[C@H](Cc1ccccc1)c1nnc(-c2ccccc2)o1)OC)N(C)C(=O)[C@@H](NC(=O)[C@H](C(C)C)N(C)CCCC(=O)NNC(=O)CCCCCN1C(=O)CC(C[IH][CH2][AlH])C1=O)C(C)C. The van der Waals surface area contributed by atoms with E-state index in [1.54, 1.807) is 45.0 Å². The first-order valence-electron chi connectivity index (χ1n) is 30.3. The number of nitrogens with zero attached hydrogens (tertiary/aromatic N) is 6. The molecule has 0 saturated carbocycles. The maximum atomic E-state index is 14.8. The van der Waals surface area contributed by atoms with Crippen LogP contribution in [0.2, 0.25) is 0 Å². The van der Waals surface area contributed by atoms with Gasteiger partial charge in [-0.05, 0) is 68.3 Å². The molecule has 0 aliphatic carbocycles. The zero-order valence-corrected chi connectivity index (χ0v) is 55.8. The maximum Gasteiger partial charge on any atom is -0.0176 e. The van der Waals surface area contributed by atoms with Crippen LogP contribution in [0.15, 0.2) is 65.1 Å². The number of hydrogen-bond donors (Lipinski definition) is 4. The number of aromatic nitrogens is 2. The molecule has 1 unspecified atom stereocenters. The number of likely N-dealkylation sites (N-methyl/N-ethyl adjacent to an activating group) is 2. The number of likely N-dealkylation sites (tertiary alicyclic amines) is 2. The molecule has 85 heavy (non-hydrogen) atoms. The molecule has 10 atom stereocenters. The van der Waals surface area contributed by atoms with Crippen LogP contribution in [0, 0.1) is 29.6 Å². The van der Waals surface area contributed by atoms with E-state index in [2.05, 4.69) is 31.7 Å². The van der Waals surface area contributed by atoms with Crippen LogP contribution in [0.1, 0.15) is 137 Å². The van der Waals surface area contributed by atoms with Crippen molar-refractivity contribution in [1.29, 1.82) is 0 Å². The number of methoxy groups -OCH3 is 2. The van der Waals surface area contributed by atoms with Gasteiger partial charge in [0, 0.05) is 46.2 Å². The first-order chi connectivity index (χ1) is 40.6. The molecule has 0 bridgehead atoms. The van der Waals surface area contributed by atoms with Crippen LogP contribution in [0.25, 0.3) is 11.5 Å². The summed E-state index contributed by atoms with van der Waals surface area (Å²) in [6, 6.07) is 16.0. The predicted molar refractivity (Wildman–Crippen MR) is 336 cm³/mol. The van der Waals surface area contributed by atoms with Crippen LogP contribution in [0.3, 0.4) is 0 Å². The molecular weight excluding hydrogens is 1210 g/mol. The molecule has 4 N–H and O–H groups in total. The second-order valence-electron chi connectivity index (χ2n) is 23.4. The van der Waals surface area contributed by atoms with Crippen molar-refractivity contribution in [3.63, 3.8) is 0 Å². The summed E-state index contributed by atoms with van der Waals surface area (Å²) >= 11 is 1.70. The van der Waals surface area contributed by atoms with Crippen molar-refractivity contribution in [1.82, 2.24) is 51.3 Å². The van der Waals surface area contributed by atoms with E-state index in [1.807, 2.05) is 123 Å². The van der Waals surface area contributed by atoms with Crippen LogP contribution in [-0.2, 0) is 54.3 Å². The Morgan fingerprint density at radius 1 is 0.824 bits per heavy atom. The number of nitrogens with one attached hydrogen (secondary N) is 4. The van der Waals surface area contributed by atoms with E-state index in [0.29, 0.717) is 83.3 Å². The van der Waals surface area contributed by atoms with Crippen molar-refractivity contribution in [3.05, 3.63) is 72.1 Å². The van der Waals surface area contributed by atoms with E-state index < -0.39 is 48.3 Å². The molecule has 21 nitrogen and oxygen atoms in total. The minimum atomic E-state index is -0.916. The molecule has 1 radical (unpaired) electrons. The summed E-state index contributed by atoms with van der Waals surface area (Å²) in [6.45, 7) is 14.6. The molecular formula is C62H95AlIN10O11. The first-order valence-corrected chi connectivity index (χ1v) is 34.6. The third-order valence-electron chi connectivity index (χ3n) is 16.6. The summed E-state index contributed by atoms with van der Waals surface area (Å²) in [5.41, 5.74) is 6.67. The van der Waals surface area contributed by atoms with Gasteiger partial charge in [-0.1, -0.05) is 103 Å². The van der Waals surface area contributed by atoms with Crippen LogP contribution in [-0.4, -0.2) is 185 Å². The fourth-order valence-corrected chi connectivity index (χ4v) is 14.8. The number of hydrazine groups is 1. The molecule has 2 aromatic carbocycles. The quantitative estimate of drug-likeness (QED) is 0.0140. The minimum absolute atomic E-state index is 0.0464. The van der Waals surface area contributed by atoms with Gasteiger partial charge in [-0.3, -0.25) is 28.9 Å². The summed E-state index contributed by atoms with van der Waals surface area (Å²) in [5.74, 6) is -2.86. The Hall–Kier alpha value is -5.32. The number of hydrogen-bond acceptors (Lipinski definition) is 14. The summed E-state index contributed by atoms with van der Waals surface area (Å²) in [7, 11) is 6.60. The van der Waals surface area contributed by atoms with Gasteiger partial charge in [0.05, 0.1) is 42.7 Å². The Labute approximate surface area is 522 Å². The predicted octanol–water partition coefficient (Wildman–Crippen LogP) is 5.58. The van der Waals surface area contributed by atoms with Crippen molar-refractivity contribution in [3.8, 4) is 11.5 Å². The fraction of sp³-hybridized carbons (Fsp3) is 0.645. The third-order valence-corrected chi connectivity index (χ3v) is 21.1. The van der Waals surface area contributed by atoms with Crippen LogP contribution >= 0.6 is 21.2 Å². The van der Waals surface area contributed by atoms with Gasteiger partial charge in [0.1, 0.15) is 12.1 Å². The topological polar surface area (TPSA) is 255 Å². The maximum absolute atomic E-state index is 14.8. The van der Waals surface area contributed by atoms with Gasteiger partial charge in [0.15, 0.2) is 0 Å². The standard InChI is InChI=1S/C62H94IN10O11.Al.H/c1-13-41(6)55(48(82-11)37-52(77)72-34-23-29-47(72)56(83-12)42(7)57(78)64-46(35-43-25-17-14-18-26-43)60-69-68-59(84-60)44-27-19-15-20-28-44)71(10)62(81)53(39(2)3)65-58(79)54(40(4)5)70(9)32-24-31-50(75)67-66-49(74)30-21-16-22-33-73-51(76)36-45(38-63-8)61(73)80;;/h14-15,17-20,25-28,39-42,45-48,53-56,63H,8,13,16,21-24,29-38H2,1-7,9-12H3,(H,64,78)(H,65,79)(H,66,74)(H,67,75);;/t41-,42+,45?,46+,47-,48+,53-,54-,55-,56+;;/m0../s1. The van der Waals surface area contributed by atoms with Gasteiger partial charge in [-0.15, -0.1) is 10.2 Å². The van der Waals surface area contributed by atoms with Crippen molar-refractivity contribution < 1.29 is 52.2 Å². The molecule has 23 heteroatoms. The number of imide groups is 1. The number of carbonyl (C=O) groups excluding carboxylic acids is 8. The van der Waals surface area contributed by atoms with Gasteiger partial charge in [-0.2, -0.15) is 0 Å². The van der Waals surface area contributed by atoms with E-state index in [4.69, 9.17) is 13.9 Å². The molecule has 5 rings (SSSR count). The Morgan fingerprint density at radius 2 is 1.48 bits per heavy atom. The number of alkyl halides is 2. The summed E-state index contributed by atoms with van der Waals surface area (Å²) in [5, 5.41) is 14.9. The Bertz CT molecular complexity index is 2630. The number of amides is 8. The normalized spacial score (nSPS) is 18.2. The minimum Gasteiger partial charge on any atom is -0.0603 e. The summed E-state index contributed by atoms with van der Waals surface area (Å²) in [4.78, 5) is 115. The van der Waals surface area contributed by atoms with Crippen molar-refractivity contribution in [2.24, 2.45) is 29.6 Å². The van der Waals surface area contributed by atoms with Gasteiger partial charge < -0.3 is 34.3 Å². The van der Waals surface area contributed by atoms with E-state index in [-0.39, 0.29) is 117 Å². The molecule has 469 valence electrons. The van der Waals surface area contributed by atoms with Gasteiger partial charge in [0.25, 0.3) is 0 Å². The second-order valence-corrected chi connectivity index (χ2v) is 29.4. The number of ether oxygens (including phenoxy) is 2. The van der Waals surface area contributed by atoms with E-state index >= 15 is 0 Å². The molecule has 3 heterocycles. The van der Waals surface area contributed by atoms with Crippen LogP contribution < -0.4 is 21.5 Å². The van der Waals surface area contributed by atoms with Gasteiger partial charge >= 0.3 is 138 Å². The first kappa shape index (κ1) is 70.4. The van der Waals surface area contributed by atoms with Crippen LogP contribution in [0.5, 0.6) is 0 Å². The zero-order chi connectivity index (χ0) is 62.3. The summed E-state index contributed by atoms with van der Waals surface area (Å²) < 4.78 is 20.4. The molecule has 2 fully saturated rings. The fourth-order valence-electron chi connectivity index (χ4n) is 11.7.